The number of ether oxygens (including phenoxy) is 1. The summed E-state index contributed by atoms with van der Waals surface area (Å²) in [5.41, 5.74) is 10.4. The van der Waals surface area contributed by atoms with Gasteiger partial charge < -0.3 is 21.5 Å². The zero-order valence-corrected chi connectivity index (χ0v) is 8.80. The molecule has 92 valence electrons. The molecular weight excluding hydrogens is 218 g/mol. The lowest BCUT2D eigenvalue weighted by Crippen LogP contribution is -2.44. The number of esters is 1. The van der Waals surface area contributed by atoms with E-state index in [0.29, 0.717) is 0 Å². The Kier molecular flexibility index (Phi) is 5.78. The van der Waals surface area contributed by atoms with Crippen molar-refractivity contribution in [2.75, 3.05) is 13.7 Å². The molecule has 0 aromatic rings. The van der Waals surface area contributed by atoms with Gasteiger partial charge in [-0.25, -0.2) is 0 Å². The fourth-order valence-corrected chi connectivity index (χ4v) is 1.01. The third kappa shape index (κ3) is 5.10. The Morgan fingerprint density at radius 1 is 1.69 bits per heavy atom. The summed E-state index contributed by atoms with van der Waals surface area (Å²) in [6, 6.07) is -2.16. The predicted molar refractivity (Wildman–Crippen MR) is 55.3 cm³/mol. The average molecular weight is 233 g/mol. The second kappa shape index (κ2) is 6.56. The lowest BCUT2D eigenvalue weighted by molar-refractivity contribution is -0.521. The van der Waals surface area contributed by atoms with Crippen molar-refractivity contribution in [1.29, 1.82) is 5.41 Å². The first-order valence-corrected chi connectivity index (χ1v) is 4.43. The van der Waals surface area contributed by atoms with Crippen LogP contribution in [0.4, 0.5) is 0 Å². The van der Waals surface area contributed by atoms with Gasteiger partial charge in [0.2, 0.25) is 6.04 Å². The van der Waals surface area contributed by atoms with Gasteiger partial charge >= 0.3 is 5.97 Å². The second-order valence-corrected chi connectivity index (χ2v) is 3.10. The number of nitrogens with two attached hydrogens (primary N) is 2. The van der Waals surface area contributed by atoms with Gasteiger partial charge in [0.15, 0.2) is 5.96 Å². The smallest absolute Gasteiger partial charge is 0.322 e. The van der Waals surface area contributed by atoms with Crippen LogP contribution in [0.2, 0.25) is 0 Å². The van der Waals surface area contributed by atoms with Gasteiger partial charge in [-0.05, 0) is 0 Å². The molecule has 0 rings (SSSR count). The first-order chi connectivity index (χ1) is 7.38. The molecule has 0 aliphatic rings. The number of methoxy groups -OCH3 is 1. The van der Waals surface area contributed by atoms with E-state index in [9.17, 15) is 14.9 Å². The van der Waals surface area contributed by atoms with Crippen molar-refractivity contribution in [2.24, 2.45) is 11.5 Å². The number of nitro groups is 1. The summed E-state index contributed by atoms with van der Waals surface area (Å²) in [6.07, 6.45) is -0.181. The number of nitrogens with one attached hydrogen (secondary N) is 2. The van der Waals surface area contributed by atoms with E-state index in [0.717, 1.165) is 7.11 Å². The van der Waals surface area contributed by atoms with Gasteiger partial charge in [-0.3, -0.25) is 20.3 Å². The molecule has 0 amide bonds. The van der Waals surface area contributed by atoms with E-state index in [4.69, 9.17) is 16.9 Å². The van der Waals surface area contributed by atoms with Gasteiger partial charge in [-0.15, -0.1) is 0 Å². The van der Waals surface area contributed by atoms with E-state index in [1.807, 2.05) is 0 Å². The average Bonchev–Trinajstić information content (AvgIpc) is 2.21. The summed E-state index contributed by atoms with van der Waals surface area (Å²) in [7, 11) is 1.15. The van der Waals surface area contributed by atoms with Gasteiger partial charge in [-0.2, -0.15) is 0 Å². The van der Waals surface area contributed by atoms with Crippen LogP contribution in [0.15, 0.2) is 0 Å². The fourth-order valence-electron chi connectivity index (χ4n) is 1.01. The van der Waals surface area contributed by atoms with Crippen LogP contribution in [-0.4, -0.2) is 42.6 Å². The SMILES string of the molecule is COC(=O)[C@@H](N)CC(CNC(=N)N)[N+](=O)[O-]. The van der Waals surface area contributed by atoms with E-state index in [2.05, 4.69) is 10.1 Å². The third-order valence-electron chi connectivity index (χ3n) is 1.86. The molecule has 0 saturated carbocycles. The third-order valence-corrected chi connectivity index (χ3v) is 1.86. The summed E-state index contributed by atoms with van der Waals surface area (Å²) >= 11 is 0. The topological polar surface area (TPSA) is 157 Å². The van der Waals surface area contributed by atoms with Crippen molar-refractivity contribution in [2.45, 2.75) is 18.5 Å². The van der Waals surface area contributed by atoms with Crippen LogP contribution in [0.25, 0.3) is 0 Å². The highest BCUT2D eigenvalue weighted by atomic mass is 16.6. The van der Waals surface area contributed by atoms with Crippen molar-refractivity contribution >= 4 is 11.9 Å². The van der Waals surface area contributed by atoms with Crippen LogP contribution in [0.1, 0.15) is 6.42 Å². The maximum atomic E-state index is 11.0. The van der Waals surface area contributed by atoms with E-state index in [1.165, 1.54) is 0 Å². The molecule has 2 atom stereocenters. The van der Waals surface area contributed by atoms with Crippen LogP contribution in [0, 0.1) is 15.5 Å². The molecular formula is C7H15N5O4. The van der Waals surface area contributed by atoms with Crippen LogP contribution < -0.4 is 16.8 Å². The van der Waals surface area contributed by atoms with E-state index >= 15 is 0 Å². The summed E-state index contributed by atoms with van der Waals surface area (Å²) in [4.78, 5) is 21.0. The Labute approximate surface area is 91.8 Å². The molecule has 0 aromatic heterocycles. The van der Waals surface area contributed by atoms with Crippen molar-refractivity contribution in [3.63, 3.8) is 0 Å². The Balaban J connectivity index is 4.28. The molecule has 16 heavy (non-hydrogen) atoms. The summed E-state index contributed by atoms with van der Waals surface area (Å²) in [5.74, 6) is -1.09. The molecule has 0 fully saturated rings. The van der Waals surface area contributed by atoms with Gasteiger partial charge in [0, 0.05) is 11.3 Å². The summed E-state index contributed by atoms with van der Waals surface area (Å²) < 4.78 is 4.34. The molecule has 0 radical (unpaired) electrons. The Morgan fingerprint density at radius 2 is 2.25 bits per heavy atom. The normalized spacial score (nSPS) is 13.6. The van der Waals surface area contributed by atoms with Gasteiger partial charge in [-0.1, -0.05) is 0 Å². The lowest BCUT2D eigenvalue weighted by Gasteiger charge is -2.13. The molecule has 9 heteroatoms. The molecule has 0 aromatic carbocycles. The van der Waals surface area contributed by atoms with E-state index < -0.39 is 23.0 Å². The van der Waals surface area contributed by atoms with E-state index in [1.54, 1.807) is 0 Å². The van der Waals surface area contributed by atoms with Crippen molar-refractivity contribution in [3.8, 4) is 0 Å². The largest absolute Gasteiger partial charge is 0.468 e. The number of nitrogens with zero attached hydrogens (tertiary/aromatic N) is 1. The summed E-state index contributed by atoms with van der Waals surface area (Å²) in [6.45, 7) is -0.160. The van der Waals surface area contributed by atoms with Gasteiger partial charge in [0.1, 0.15) is 6.04 Å². The molecule has 9 nitrogen and oxygen atoms in total. The Morgan fingerprint density at radius 3 is 2.62 bits per heavy atom. The van der Waals surface area contributed by atoms with Crippen molar-refractivity contribution in [3.05, 3.63) is 10.1 Å². The maximum Gasteiger partial charge on any atom is 0.322 e. The van der Waals surface area contributed by atoms with Gasteiger partial charge in [0.25, 0.3) is 0 Å². The zero-order valence-electron chi connectivity index (χ0n) is 8.80. The number of carbonyl (C=O) groups is 1. The standard InChI is InChI=1S/C7H15N5O4/c1-16-6(13)5(8)2-4(12(14)15)3-11-7(9)10/h4-5H,2-3,8H2,1H3,(H4,9,10,11)/t4?,5-/m0/s1. The van der Waals surface area contributed by atoms with Crippen LogP contribution in [-0.2, 0) is 9.53 Å². The fraction of sp³-hybridized carbons (Fsp3) is 0.714. The van der Waals surface area contributed by atoms with Crippen molar-refractivity contribution < 1.29 is 14.5 Å². The molecule has 1 unspecified atom stereocenters. The van der Waals surface area contributed by atoms with E-state index in [-0.39, 0.29) is 18.9 Å². The second-order valence-electron chi connectivity index (χ2n) is 3.10. The molecule has 0 saturated heterocycles. The molecule has 0 heterocycles. The van der Waals surface area contributed by atoms with Crippen LogP contribution in [0.5, 0.6) is 0 Å². The molecule has 0 spiro atoms. The quantitative estimate of drug-likeness (QED) is 0.136. The first kappa shape index (κ1) is 14.1. The van der Waals surface area contributed by atoms with Crippen LogP contribution >= 0.6 is 0 Å². The molecule has 0 aliphatic heterocycles. The Bertz CT molecular complexity index is 282. The van der Waals surface area contributed by atoms with Crippen LogP contribution in [0.3, 0.4) is 0 Å². The predicted octanol–water partition coefficient (Wildman–Crippen LogP) is -1.99. The summed E-state index contributed by atoms with van der Waals surface area (Å²) in [5, 5.41) is 19.8. The highest BCUT2D eigenvalue weighted by Crippen LogP contribution is 2.01. The maximum absolute atomic E-state index is 11.0. The monoisotopic (exact) mass is 233 g/mol. The first-order valence-electron chi connectivity index (χ1n) is 4.43. The molecule has 0 bridgehead atoms. The lowest BCUT2D eigenvalue weighted by atomic mass is 10.1. The number of rotatable bonds is 6. The zero-order chi connectivity index (χ0) is 12.7. The number of guanidine groups is 1. The minimum Gasteiger partial charge on any atom is -0.468 e. The highest BCUT2D eigenvalue weighted by Gasteiger charge is 2.27. The number of hydrogen-bond donors (Lipinski definition) is 4. The van der Waals surface area contributed by atoms with Gasteiger partial charge in [0.05, 0.1) is 13.7 Å². The molecule has 0 aliphatic carbocycles. The Hall–Kier alpha value is -1.90. The highest BCUT2D eigenvalue weighted by molar-refractivity contribution is 5.75. The minimum atomic E-state index is -1.10. The number of hydrogen-bond acceptors (Lipinski definition) is 6. The van der Waals surface area contributed by atoms with Crippen molar-refractivity contribution in [1.82, 2.24) is 5.32 Å². The number of carbonyl (C=O) groups excluding carboxylic acids is 1. The molecule has 6 N–H and O–H groups in total. The minimum absolute atomic E-state index is 0.160.